The highest BCUT2D eigenvalue weighted by Crippen LogP contribution is 2.42. The van der Waals surface area contributed by atoms with Crippen molar-refractivity contribution in [2.24, 2.45) is 0 Å². The van der Waals surface area contributed by atoms with Crippen LogP contribution in [0, 0.1) is 0 Å². The van der Waals surface area contributed by atoms with Gasteiger partial charge in [-0.15, -0.1) is 0 Å². The number of para-hydroxylation sites is 1. The van der Waals surface area contributed by atoms with Crippen LogP contribution < -0.4 is 4.90 Å². The van der Waals surface area contributed by atoms with Gasteiger partial charge in [0.05, 0.1) is 0 Å². The second-order valence-corrected chi connectivity index (χ2v) is 16.1. The Kier molecular flexibility index (Phi) is 8.53. The van der Waals surface area contributed by atoms with Crippen LogP contribution in [0.1, 0.15) is 0 Å². The Labute approximate surface area is 360 Å². The molecule has 0 radical (unpaired) electrons. The molecular weight excluding hydrogens is 751 g/mol. The van der Waals surface area contributed by atoms with Crippen molar-refractivity contribution >= 4 is 71.3 Å². The van der Waals surface area contributed by atoms with Gasteiger partial charge in [-0.3, -0.25) is 0 Å². The fourth-order valence-electron chi connectivity index (χ4n) is 9.41. The molecule has 12 aromatic rings. The Balaban J connectivity index is 0.953. The maximum atomic E-state index is 6.32. The summed E-state index contributed by atoms with van der Waals surface area (Å²) in [6, 6.07) is 85.5. The molecule has 0 N–H and O–H groups in total. The molecule has 11 aromatic carbocycles. The Morgan fingerprint density at radius 2 is 0.774 bits per heavy atom. The lowest BCUT2D eigenvalue weighted by atomic mass is 9.96. The van der Waals surface area contributed by atoms with Crippen LogP contribution in [0.2, 0.25) is 0 Å². The van der Waals surface area contributed by atoms with Crippen molar-refractivity contribution in [1.29, 1.82) is 0 Å². The lowest BCUT2D eigenvalue weighted by molar-refractivity contribution is 0.669. The van der Waals surface area contributed by atoms with Crippen molar-refractivity contribution in [1.82, 2.24) is 0 Å². The summed E-state index contributed by atoms with van der Waals surface area (Å²) in [4.78, 5) is 2.38. The SMILES string of the molecule is c1cc(-c2ccc3c(ccc4ccccc43)c2)cc(N(c2ccc(-c3ccc(-c4cccc5ccccc45)cc3)cc2)c2cccc(-c3cccc4oc5ccccc5c34)c2)c1. The molecule has 1 heterocycles. The Morgan fingerprint density at radius 1 is 0.258 bits per heavy atom. The van der Waals surface area contributed by atoms with Gasteiger partial charge in [0.2, 0.25) is 0 Å². The lowest BCUT2D eigenvalue weighted by Crippen LogP contribution is -2.10. The highest BCUT2D eigenvalue weighted by Gasteiger charge is 2.18. The molecule has 0 saturated carbocycles. The van der Waals surface area contributed by atoms with Crippen LogP contribution in [0.25, 0.3) is 98.8 Å². The predicted octanol–water partition coefficient (Wildman–Crippen LogP) is 17.2. The molecule has 0 aliphatic carbocycles. The molecule has 2 heteroatoms. The third kappa shape index (κ3) is 6.20. The Bertz CT molecular complexity index is 3630. The van der Waals surface area contributed by atoms with E-state index in [0.29, 0.717) is 0 Å². The van der Waals surface area contributed by atoms with Crippen molar-refractivity contribution in [2.75, 3.05) is 4.90 Å². The van der Waals surface area contributed by atoms with E-state index in [1.807, 2.05) is 12.1 Å². The minimum absolute atomic E-state index is 0.891. The molecule has 1 aromatic heterocycles. The Hall–Kier alpha value is -8.20. The zero-order valence-corrected chi connectivity index (χ0v) is 33.9. The molecule has 0 bridgehead atoms. The first-order valence-corrected chi connectivity index (χ1v) is 21.2. The average molecular weight is 790 g/mol. The van der Waals surface area contributed by atoms with Gasteiger partial charge in [-0.1, -0.05) is 182 Å². The standard InChI is InChI=1S/C60H39NO/c1-3-18-52-42(11-1)13-9-21-54(52)44-27-25-40(26-28-44)41-31-34-49(35-32-41)61(51-17-8-15-47(39-51)56-22-10-24-59-60(56)57-20-5-6-23-58(57)62-59)50-16-7-14-45(38-50)46-33-36-55-48(37-46)30-29-43-12-2-4-19-53(43)55/h1-39H. The van der Waals surface area contributed by atoms with Crippen molar-refractivity contribution in [3.8, 4) is 44.5 Å². The lowest BCUT2D eigenvalue weighted by Gasteiger charge is -2.27. The molecule has 0 fully saturated rings. The van der Waals surface area contributed by atoms with E-state index in [1.165, 1.54) is 60.1 Å². The van der Waals surface area contributed by atoms with Crippen LogP contribution in [0.3, 0.4) is 0 Å². The first-order chi connectivity index (χ1) is 30.7. The van der Waals surface area contributed by atoms with E-state index in [4.69, 9.17) is 4.42 Å². The summed E-state index contributed by atoms with van der Waals surface area (Å²) >= 11 is 0. The van der Waals surface area contributed by atoms with Gasteiger partial charge in [-0.05, 0) is 131 Å². The molecule has 0 atom stereocenters. The van der Waals surface area contributed by atoms with E-state index in [-0.39, 0.29) is 0 Å². The molecule has 0 spiro atoms. The number of hydrogen-bond donors (Lipinski definition) is 0. The molecule has 62 heavy (non-hydrogen) atoms. The van der Waals surface area contributed by atoms with Gasteiger partial charge in [0.1, 0.15) is 11.2 Å². The van der Waals surface area contributed by atoms with Crippen LogP contribution in [0.4, 0.5) is 17.1 Å². The molecule has 0 unspecified atom stereocenters. The number of anilines is 3. The number of hydrogen-bond acceptors (Lipinski definition) is 2. The predicted molar refractivity (Wildman–Crippen MR) is 263 cm³/mol. The molecule has 0 aliphatic rings. The van der Waals surface area contributed by atoms with E-state index in [0.717, 1.165) is 55.7 Å². The normalized spacial score (nSPS) is 11.5. The maximum Gasteiger partial charge on any atom is 0.136 e. The first-order valence-electron chi connectivity index (χ1n) is 21.2. The number of rotatable bonds is 7. The summed E-state index contributed by atoms with van der Waals surface area (Å²) in [5, 5.41) is 9.81. The first kappa shape index (κ1) is 35.7. The van der Waals surface area contributed by atoms with E-state index in [1.54, 1.807) is 0 Å². The highest BCUT2D eigenvalue weighted by atomic mass is 16.3. The van der Waals surface area contributed by atoms with Crippen LogP contribution in [0.5, 0.6) is 0 Å². The van der Waals surface area contributed by atoms with Gasteiger partial charge >= 0.3 is 0 Å². The second-order valence-electron chi connectivity index (χ2n) is 16.1. The van der Waals surface area contributed by atoms with E-state index in [9.17, 15) is 0 Å². The molecule has 0 aliphatic heterocycles. The van der Waals surface area contributed by atoms with Crippen LogP contribution in [-0.4, -0.2) is 0 Å². The molecular formula is C60H39NO. The van der Waals surface area contributed by atoms with Gasteiger partial charge in [0, 0.05) is 27.8 Å². The summed E-state index contributed by atoms with van der Waals surface area (Å²) < 4.78 is 6.32. The number of benzene rings is 11. The van der Waals surface area contributed by atoms with Crippen molar-refractivity contribution in [3.63, 3.8) is 0 Å². The largest absolute Gasteiger partial charge is 0.456 e. The van der Waals surface area contributed by atoms with Gasteiger partial charge in [0.25, 0.3) is 0 Å². The number of nitrogens with zero attached hydrogens (tertiary/aromatic N) is 1. The van der Waals surface area contributed by atoms with E-state index >= 15 is 0 Å². The third-order valence-electron chi connectivity index (χ3n) is 12.4. The van der Waals surface area contributed by atoms with Crippen molar-refractivity contribution in [2.45, 2.75) is 0 Å². The van der Waals surface area contributed by atoms with Crippen molar-refractivity contribution < 1.29 is 4.42 Å². The smallest absolute Gasteiger partial charge is 0.136 e. The van der Waals surface area contributed by atoms with Gasteiger partial charge in [0.15, 0.2) is 0 Å². The molecule has 0 saturated heterocycles. The second kappa shape index (κ2) is 14.8. The van der Waals surface area contributed by atoms with Crippen molar-refractivity contribution in [3.05, 3.63) is 237 Å². The quantitative estimate of drug-likeness (QED) is 0.150. The fourth-order valence-corrected chi connectivity index (χ4v) is 9.41. The summed E-state index contributed by atoms with van der Waals surface area (Å²) in [6.07, 6.45) is 0. The fraction of sp³-hybridized carbons (Fsp3) is 0. The van der Waals surface area contributed by atoms with E-state index in [2.05, 4.69) is 229 Å². The van der Waals surface area contributed by atoms with Gasteiger partial charge in [-0.25, -0.2) is 0 Å². The minimum Gasteiger partial charge on any atom is -0.456 e. The summed E-state index contributed by atoms with van der Waals surface area (Å²) in [5.74, 6) is 0. The topological polar surface area (TPSA) is 16.4 Å². The summed E-state index contributed by atoms with van der Waals surface area (Å²) in [5.41, 5.74) is 14.5. The minimum atomic E-state index is 0.891. The van der Waals surface area contributed by atoms with Gasteiger partial charge in [-0.2, -0.15) is 0 Å². The average Bonchev–Trinajstić information content (AvgIpc) is 3.73. The van der Waals surface area contributed by atoms with Crippen LogP contribution in [0.15, 0.2) is 241 Å². The van der Waals surface area contributed by atoms with E-state index < -0.39 is 0 Å². The molecule has 0 amide bonds. The van der Waals surface area contributed by atoms with Gasteiger partial charge < -0.3 is 9.32 Å². The van der Waals surface area contributed by atoms with Crippen LogP contribution >= 0.6 is 0 Å². The van der Waals surface area contributed by atoms with Crippen LogP contribution in [-0.2, 0) is 0 Å². The third-order valence-corrected chi connectivity index (χ3v) is 12.4. The number of fused-ring (bicyclic) bond motifs is 7. The number of furan rings is 1. The summed E-state index contributed by atoms with van der Waals surface area (Å²) in [6.45, 7) is 0. The zero-order chi connectivity index (χ0) is 41.0. The molecule has 12 rings (SSSR count). The molecule has 290 valence electrons. The summed E-state index contributed by atoms with van der Waals surface area (Å²) in [7, 11) is 0. The molecule has 2 nitrogen and oxygen atoms in total. The monoisotopic (exact) mass is 789 g/mol. The highest BCUT2D eigenvalue weighted by molar-refractivity contribution is 6.13. The maximum absolute atomic E-state index is 6.32. The zero-order valence-electron chi connectivity index (χ0n) is 33.9. The Morgan fingerprint density at radius 3 is 1.58 bits per heavy atom.